The predicted molar refractivity (Wildman–Crippen MR) is 92.3 cm³/mol. The van der Waals surface area contributed by atoms with Gasteiger partial charge in [-0.3, -0.25) is 0 Å². The van der Waals surface area contributed by atoms with Crippen molar-refractivity contribution < 1.29 is 24.8 Å². The van der Waals surface area contributed by atoms with Crippen LogP contribution in [0.15, 0.2) is 30.5 Å². The molecule has 0 aliphatic carbocycles. The molecule has 1 fully saturated rings. The quantitative estimate of drug-likeness (QED) is 0.692. The minimum Gasteiger partial charge on any atom is -0.497 e. The molecule has 5 atom stereocenters. The average molecular weight is 367 g/mol. The number of nitrogens with zero attached hydrogens (tertiary/aromatic N) is 3. The zero-order valence-corrected chi connectivity index (χ0v) is 14.7. The normalized spacial score (nSPS) is 29.6. The van der Waals surface area contributed by atoms with Crippen molar-refractivity contribution >= 4 is 11.8 Å². The molecule has 3 rings (SSSR count). The first kappa shape index (κ1) is 18.2. The molecule has 0 amide bonds. The standard InChI is InChI=1S/C16H21N3O5S/c1-23-10-5-3-9(4-6-10)11-7-19(18-17-11)13-14(21)12(8-20)24-16(25-2)15(13)22/h3-7,12-16,20-22H,8H2,1-2H3/t12-,13+,14+,15-,16+/m1/s1. The van der Waals surface area contributed by atoms with E-state index in [9.17, 15) is 15.3 Å². The number of aliphatic hydroxyl groups is 3. The molecule has 0 bridgehead atoms. The number of hydrogen-bond donors (Lipinski definition) is 3. The first-order chi connectivity index (χ1) is 12.1. The molecular weight excluding hydrogens is 346 g/mol. The van der Waals surface area contributed by atoms with Crippen LogP contribution in [0.3, 0.4) is 0 Å². The largest absolute Gasteiger partial charge is 0.497 e. The Kier molecular flexibility index (Phi) is 5.60. The Balaban J connectivity index is 1.88. The number of rotatable bonds is 5. The van der Waals surface area contributed by atoms with Gasteiger partial charge < -0.3 is 24.8 Å². The van der Waals surface area contributed by atoms with Gasteiger partial charge >= 0.3 is 0 Å². The summed E-state index contributed by atoms with van der Waals surface area (Å²) in [4.78, 5) is 0. The van der Waals surface area contributed by atoms with Gasteiger partial charge in [-0.1, -0.05) is 5.21 Å². The van der Waals surface area contributed by atoms with E-state index in [4.69, 9.17) is 9.47 Å². The minimum atomic E-state index is -1.10. The fourth-order valence-corrected chi connectivity index (χ4v) is 3.59. The zero-order chi connectivity index (χ0) is 18.0. The van der Waals surface area contributed by atoms with E-state index in [0.717, 1.165) is 11.3 Å². The third-order valence-electron chi connectivity index (χ3n) is 4.28. The van der Waals surface area contributed by atoms with E-state index < -0.39 is 29.8 Å². The maximum atomic E-state index is 10.5. The molecule has 0 unspecified atom stereocenters. The van der Waals surface area contributed by atoms with Crippen molar-refractivity contribution in [2.75, 3.05) is 20.0 Å². The lowest BCUT2D eigenvalue weighted by molar-refractivity contribution is -0.178. The van der Waals surface area contributed by atoms with Crippen LogP contribution in [0, 0.1) is 0 Å². The van der Waals surface area contributed by atoms with Gasteiger partial charge in [-0.05, 0) is 30.5 Å². The summed E-state index contributed by atoms with van der Waals surface area (Å²) in [6.07, 6.45) is 0.573. The molecule has 1 aromatic carbocycles. The summed E-state index contributed by atoms with van der Waals surface area (Å²) < 4.78 is 12.1. The molecule has 1 aliphatic rings. The van der Waals surface area contributed by atoms with E-state index in [0.29, 0.717) is 5.69 Å². The topological polar surface area (TPSA) is 110 Å². The number of aromatic nitrogens is 3. The van der Waals surface area contributed by atoms with Crippen molar-refractivity contribution in [3.05, 3.63) is 30.5 Å². The second kappa shape index (κ2) is 7.71. The Hall–Kier alpha value is -1.65. The fraction of sp³-hybridized carbons (Fsp3) is 0.500. The van der Waals surface area contributed by atoms with Crippen LogP contribution >= 0.6 is 11.8 Å². The molecule has 2 heterocycles. The van der Waals surface area contributed by atoms with E-state index in [1.807, 2.05) is 24.3 Å². The third kappa shape index (κ3) is 3.51. The van der Waals surface area contributed by atoms with Crippen molar-refractivity contribution in [2.24, 2.45) is 0 Å². The lowest BCUT2D eigenvalue weighted by Crippen LogP contribution is -2.54. The summed E-state index contributed by atoms with van der Waals surface area (Å²) in [6.45, 7) is -0.346. The molecule has 1 aromatic heterocycles. The highest BCUT2D eigenvalue weighted by molar-refractivity contribution is 7.99. The molecule has 1 aliphatic heterocycles. The first-order valence-electron chi connectivity index (χ1n) is 7.80. The van der Waals surface area contributed by atoms with E-state index >= 15 is 0 Å². The maximum absolute atomic E-state index is 10.5. The molecule has 3 N–H and O–H groups in total. The highest BCUT2D eigenvalue weighted by Crippen LogP contribution is 2.34. The lowest BCUT2D eigenvalue weighted by Gasteiger charge is -2.41. The molecule has 9 heteroatoms. The van der Waals surface area contributed by atoms with Crippen LogP contribution in [-0.4, -0.2) is 74.0 Å². The van der Waals surface area contributed by atoms with Gasteiger partial charge in [0, 0.05) is 5.56 Å². The van der Waals surface area contributed by atoms with Crippen LogP contribution in [0.5, 0.6) is 5.75 Å². The van der Waals surface area contributed by atoms with Gasteiger partial charge in [-0.25, -0.2) is 4.68 Å². The summed E-state index contributed by atoms with van der Waals surface area (Å²) in [7, 11) is 1.60. The number of hydrogen-bond acceptors (Lipinski definition) is 8. The van der Waals surface area contributed by atoms with Crippen LogP contribution in [0.25, 0.3) is 11.3 Å². The first-order valence-corrected chi connectivity index (χ1v) is 9.09. The molecule has 1 saturated heterocycles. The molecule has 136 valence electrons. The van der Waals surface area contributed by atoms with Crippen molar-refractivity contribution in [1.82, 2.24) is 15.0 Å². The summed E-state index contributed by atoms with van der Waals surface area (Å²) in [5.41, 5.74) is 0.872. The van der Waals surface area contributed by atoms with Crippen molar-refractivity contribution in [2.45, 2.75) is 29.8 Å². The van der Waals surface area contributed by atoms with Crippen LogP contribution in [0.2, 0.25) is 0 Å². The van der Waals surface area contributed by atoms with E-state index in [1.165, 1.54) is 16.4 Å². The number of benzene rings is 1. The molecular formula is C16H21N3O5S. The van der Waals surface area contributed by atoms with Gasteiger partial charge in [0.25, 0.3) is 0 Å². The highest BCUT2D eigenvalue weighted by Gasteiger charge is 2.45. The smallest absolute Gasteiger partial charge is 0.131 e. The van der Waals surface area contributed by atoms with Crippen LogP contribution in [-0.2, 0) is 4.74 Å². The SMILES string of the molecule is COc1ccc(-c2cn([C@H]3[C@@H](O)[C@@H](CO)O[C@@H](SC)[C@@H]3O)nn2)cc1. The Morgan fingerprint density at radius 2 is 1.96 bits per heavy atom. The monoisotopic (exact) mass is 367 g/mol. The van der Waals surface area contributed by atoms with E-state index in [2.05, 4.69) is 10.3 Å². The summed E-state index contributed by atoms with van der Waals surface area (Å²) in [5.74, 6) is 0.736. The molecule has 25 heavy (non-hydrogen) atoms. The van der Waals surface area contributed by atoms with E-state index in [-0.39, 0.29) is 6.61 Å². The summed E-state index contributed by atoms with van der Waals surface area (Å²) >= 11 is 1.31. The summed E-state index contributed by atoms with van der Waals surface area (Å²) in [5, 5.41) is 38.6. The zero-order valence-electron chi connectivity index (χ0n) is 13.9. The van der Waals surface area contributed by atoms with E-state index in [1.54, 1.807) is 19.6 Å². The molecule has 0 saturated carbocycles. The molecule has 8 nitrogen and oxygen atoms in total. The van der Waals surface area contributed by atoms with Crippen molar-refractivity contribution in [1.29, 1.82) is 0 Å². The van der Waals surface area contributed by atoms with Crippen LogP contribution < -0.4 is 4.74 Å². The van der Waals surface area contributed by atoms with Crippen molar-refractivity contribution in [3.63, 3.8) is 0 Å². The van der Waals surface area contributed by atoms with Crippen LogP contribution in [0.4, 0.5) is 0 Å². The molecule has 2 aromatic rings. The fourth-order valence-electron chi connectivity index (χ4n) is 2.89. The third-order valence-corrected chi connectivity index (χ3v) is 5.14. The maximum Gasteiger partial charge on any atom is 0.131 e. The highest BCUT2D eigenvalue weighted by atomic mass is 32.2. The van der Waals surface area contributed by atoms with Gasteiger partial charge in [-0.2, -0.15) is 0 Å². The van der Waals surface area contributed by atoms with Crippen LogP contribution in [0.1, 0.15) is 6.04 Å². The van der Waals surface area contributed by atoms with Gasteiger partial charge in [0.1, 0.15) is 41.2 Å². The predicted octanol–water partition coefficient (Wildman–Crippen LogP) is 0.297. The second-order valence-electron chi connectivity index (χ2n) is 5.75. The Bertz CT molecular complexity index is 679. The Labute approximate surface area is 149 Å². The Morgan fingerprint density at radius 3 is 2.56 bits per heavy atom. The number of aliphatic hydroxyl groups excluding tert-OH is 3. The number of methoxy groups -OCH3 is 1. The van der Waals surface area contributed by atoms with Gasteiger partial charge in [0.15, 0.2) is 0 Å². The minimum absolute atomic E-state index is 0.346. The average Bonchev–Trinajstić information content (AvgIpc) is 3.12. The van der Waals surface area contributed by atoms with Gasteiger partial charge in [0.2, 0.25) is 0 Å². The summed E-state index contributed by atoms with van der Waals surface area (Å²) in [6, 6.07) is 6.58. The second-order valence-corrected chi connectivity index (χ2v) is 6.68. The molecule has 0 radical (unpaired) electrons. The lowest BCUT2D eigenvalue weighted by atomic mass is 9.97. The Morgan fingerprint density at radius 1 is 1.24 bits per heavy atom. The van der Waals surface area contributed by atoms with Crippen molar-refractivity contribution in [3.8, 4) is 17.0 Å². The number of ether oxygens (including phenoxy) is 2. The van der Waals surface area contributed by atoms with Gasteiger partial charge in [0.05, 0.1) is 19.9 Å². The van der Waals surface area contributed by atoms with Gasteiger partial charge in [-0.15, -0.1) is 16.9 Å². The molecule has 0 spiro atoms. The number of thioether (sulfide) groups is 1.